The third-order valence-corrected chi connectivity index (χ3v) is 4.06. The Balaban J connectivity index is 1.48. The van der Waals surface area contributed by atoms with E-state index in [9.17, 15) is 9.59 Å². The van der Waals surface area contributed by atoms with E-state index in [2.05, 4.69) is 24.0 Å². The van der Waals surface area contributed by atoms with Crippen molar-refractivity contribution in [3.05, 3.63) is 48.6 Å². The smallest absolute Gasteiger partial charge is 0.243 e. The fourth-order valence-electron chi connectivity index (χ4n) is 2.78. The molecule has 2 atom stereocenters. The Hall–Kier alpha value is -2.10. The largest absolute Gasteiger partial charge is 0.346 e. The van der Waals surface area contributed by atoms with Crippen molar-refractivity contribution < 1.29 is 9.59 Å². The molecule has 1 saturated carbocycles. The van der Waals surface area contributed by atoms with Crippen molar-refractivity contribution in [3.63, 3.8) is 0 Å². The zero-order valence-electron chi connectivity index (χ0n) is 11.3. The molecule has 2 amide bonds. The fraction of sp³-hybridized carbons (Fsp3) is 0.375. The van der Waals surface area contributed by atoms with Gasteiger partial charge in [0.25, 0.3) is 0 Å². The predicted molar refractivity (Wildman–Crippen MR) is 76.0 cm³/mol. The summed E-state index contributed by atoms with van der Waals surface area (Å²) in [4.78, 5) is 25.2. The van der Waals surface area contributed by atoms with E-state index < -0.39 is 0 Å². The molecule has 1 saturated heterocycles. The number of nitrogens with zero attached hydrogens (tertiary/aromatic N) is 1. The van der Waals surface area contributed by atoms with Crippen LogP contribution in [-0.4, -0.2) is 35.8 Å². The zero-order valence-corrected chi connectivity index (χ0v) is 11.3. The Morgan fingerprint density at radius 3 is 2.60 bits per heavy atom. The Morgan fingerprint density at radius 2 is 1.95 bits per heavy atom. The predicted octanol–water partition coefficient (Wildman–Crippen LogP) is 1.30. The highest BCUT2D eigenvalue weighted by atomic mass is 16.2. The van der Waals surface area contributed by atoms with Crippen LogP contribution in [0.4, 0.5) is 0 Å². The average molecular weight is 270 g/mol. The number of carbonyl (C=O) groups is 2. The van der Waals surface area contributed by atoms with E-state index in [4.69, 9.17) is 0 Å². The van der Waals surface area contributed by atoms with Crippen molar-refractivity contribution in [3.8, 4) is 0 Å². The van der Waals surface area contributed by atoms with Gasteiger partial charge in [-0.1, -0.05) is 36.9 Å². The van der Waals surface area contributed by atoms with Crippen molar-refractivity contribution in [1.29, 1.82) is 0 Å². The number of hydrogen-bond donors (Lipinski definition) is 1. The first-order valence-corrected chi connectivity index (χ1v) is 6.95. The minimum absolute atomic E-state index is 0.0818. The van der Waals surface area contributed by atoms with Crippen LogP contribution in [0.1, 0.15) is 17.9 Å². The van der Waals surface area contributed by atoms with Crippen LogP contribution >= 0.6 is 0 Å². The summed E-state index contributed by atoms with van der Waals surface area (Å²) in [6.45, 7) is 4.66. The average Bonchev–Trinajstić information content (AvgIpc) is 3.22. The molecule has 1 aliphatic heterocycles. The normalized spacial score (nSPS) is 24.7. The first-order valence-electron chi connectivity index (χ1n) is 6.95. The molecular weight excluding hydrogens is 252 g/mol. The molecule has 1 aliphatic carbocycles. The van der Waals surface area contributed by atoms with Crippen LogP contribution in [0.5, 0.6) is 0 Å². The van der Waals surface area contributed by atoms with Gasteiger partial charge in [0.2, 0.25) is 11.8 Å². The molecule has 20 heavy (non-hydrogen) atoms. The highest BCUT2D eigenvalue weighted by Crippen LogP contribution is 2.48. The molecular formula is C16H18N2O2. The molecule has 4 heteroatoms. The van der Waals surface area contributed by atoms with Gasteiger partial charge in [0, 0.05) is 19.0 Å². The lowest BCUT2D eigenvalue weighted by atomic mass is 10.1. The van der Waals surface area contributed by atoms with Crippen LogP contribution in [0.2, 0.25) is 0 Å². The molecule has 1 N–H and O–H groups in total. The zero-order chi connectivity index (χ0) is 14.1. The second kappa shape index (κ2) is 5.12. The van der Waals surface area contributed by atoms with E-state index in [1.54, 1.807) is 0 Å². The van der Waals surface area contributed by atoms with Crippen molar-refractivity contribution in [1.82, 2.24) is 10.2 Å². The number of likely N-dealkylation sites (tertiary alicyclic amines) is 1. The molecule has 2 fully saturated rings. The number of carbonyl (C=O) groups excluding carboxylic acids is 2. The maximum Gasteiger partial charge on any atom is 0.243 e. The van der Waals surface area contributed by atoms with Crippen molar-refractivity contribution in [2.45, 2.75) is 18.4 Å². The van der Waals surface area contributed by atoms with Gasteiger partial charge in [0.05, 0.1) is 6.04 Å². The third kappa shape index (κ3) is 2.46. The van der Waals surface area contributed by atoms with Gasteiger partial charge in [-0.05, 0) is 24.0 Å². The summed E-state index contributed by atoms with van der Waals surface area (Å²) in [5.74, 6) is 0.567. The first-order chi connectivity index (χ1) is 9.69. The quantitative estimate of drug-likeness (QED) is 0.838. The number of rotatable bonds is 4. The van der Waals surface area contributed by atoms with Gasteiger partial charge in [0.15, 0.2) is 0 Å². The number of benzene rings is 1. The van der Waals surface area contributed by atoms with Crippen LogP contribution in [-0.2, 0) is 9.59 Å². The van der Waals surface area contributed by atoms with Gasteiger partial charge >= 0.3 is 0 Å². The Kier molecular flexibility index (Phi) is 3.30. The van der Waals surface area contributed by atoms with Gasteiger partial charge in [-0.2, -0.15) is 0 Å². The van der Waals surface area contributed by atoms with Crippen LogP contribution in [0, 0.1) is 5.92 Å². The van der Waals surface area contributed by atoms with Gasteiger partial charge < -0.3 is 10.2 Å². The fourth-order valence-corrected chi connectivity index (χ4v) is 2.78. The second-order valence-corrected chi connectivity index (χ2v) is 5.51. The number of nitrogens with one attached hydrogen (secondary N) is 1. The van der Waals surface area contributed by atoms with Gasteiger partial charge in [-0.15, -0.1) is 0 Å². The molecule has 2 aliphatic rings. The van der Waals surface area contributed by atoms with E-state index in [-0.39, 0.29) is 23.8 Å². The minimum atomic E-state index is -0.171. The standard InChI is InChI=1S/C16H18N2O2/c1-2-15(19)17-12-9-18(10-12)16(20)14-8-13(14)11-6-4-3-5-7-11/h2-7,12-14H,1,8-10H2,(H,17,19)/t13-,14+/m1/s1. The molecule has 4 nitrogen and oxygen atoms in total. The molecule has 1 aromatic rings. The lowest BCUT2D eigenvalue weighted by molar-refractivity contribution is -0.138. The van der Waals surface area contributed by atoms with Crippen molar-refractivity contribution in [2.75, 3.05) is 13.1 Å². The summed E-state index contributed by atoms with van der Waals surface area (Å²) in [5, 5.41) is 2.80. The third-order valence-electron chi connectivity index (χ3n) is 4.06. The molecule has 3 rings (SSSR count). The summed E-state index contributed by atoms with van der Waals surface area (Å²) >= 11 is 0. The van der Waals surface area contributed by atoms with E-state index in [0.717, 1.165) is 6.42 Å². The van der Waals surface area contributed by atoms with Crippen molar-refractivity contribution in [2.24, 2.45) is 5.92 Å². The molecule has 104 valence electrons. The van der Waals surface area contributed by atoms with Crippen LogP contribution in [0.15, 0.2) is 43.0 Å². The highest BCUT2D eigenvalue weighted by Gasteiger charge is 2.47. The molecule has 1 heterocycles. The first kappa shape index (κ1) is 12.9. The molecule has 0 unspecified atom stereocenters. The van der Waals surface area contributed by atoms with Gasteiger partial charge in [0.1, 0.15) is 0 Å². The molecule has 0 spiro atoms. The summed E-state index contributed by atoms with van der Waals surface area (Å²) in [5.41, 5.74) is 1.25. The topological polar surface area (TPSA) is 49.4 Å². The molecule has 0 aromatic heterocycles. The number of hydrogen-bond acceptors (Lipinski definition) is 2. The number of amides is 2. The lowest BCUT2D eigenvalue weighted by Crippen LogP contribution is -2.61. The maximum absolute atomic E-state index is 12.3. The SMILES string of the molecule is C=CC(=O)NC1CN(C(=O)[C@H]2C[C@@H]2c2ccccc2)C1. The van der Waals surface area contributed by atoms with Gasteiger partial charge in [-0.25, -0.2) is 0 Å². The van der Waals surface area contributed by atoms with E-state index in [0.29, 0.717) is 19.0 Å². The van der Waals surface area contributed by atoms with Gasteiger partial charge in [-0.3, -0.25) is 9.59 Å². The van der Waals surface area contributed by atoms with E-state index in [1.807, 2.05) is 23.1 Å². The Morgan fingerprint density at radius 1 is 1.25 bits per heavy atom. The van der Waals surface area contributed by atoms with Crippen LogP contribution in [0.3, 0.4) is 0 Å². The van der Waals surface area contributed by atoms with Crippen LogP contribution in [0.25, 0.3) is 0 Å². The van der Waals surface area contributed by atoms with E-state index in [1.165, 1.54) is 11.6 Å². The monoisotopic (exact) mass is 270 g/mol. The lowest BCUT2D eigenvalue weighted by Gasteiger charge is -2.39. The summed E-state index contributed by atoms with van der Waals surface area (Å²) < 4.78 is 0. The van der Waals surface area contributed by atoms with Crippen LogP contribution < -0.4 is 5.32 Å². The highest BCUT2D eigenvalue weighted by molar-refractivity contribution is 5.88. The molecule has 1 aromatic carbocycles. The maximum atomic E-state index is 12.3. The van der Waals surface area contributed by atoms with E-state index >= 15 is 0 Å². The summed E-state index contributed by atoms with van der Waals surface area (Å²) in [6, 6.07) is 10.3. The summed E-state index contributed by atoms with van der Waals surface area (Å²) in [7, 11) is 0. The Labute approximate surface area is 118 Å². The summed E-state index contributed by atoms with van der Waals surface area (Å²) in [6.07, 6.45) is 2.21. The second-order valence-electron chi connectivity index (χ2n) is 5.51. The molecule has 0 bridgehead atoms. The Bertz CT molecular complexity index is 535. The molecule has 0 radical (unpaired) electrons. The van der Waals surface area contributed by atoms with Crippen molar-refractivity contribution >= 4 is 11.8 Å². The minimum Gasteiger partial charge on any atom is -0.346 e.